The van der Waals surface area contributed by atoms with Crippen molar-refractivity contribution in [2.45, 2.75) is 5.92 Å². The number of carbonyl (C=O) groups excluding carboxylic acids is 1. The van der Waals surface area contributed by atoms with Crippen LogP contribution in [0.3, 0.4) is 0 Å². The van der Waals surface area contributed by atoms with Gasteiger partial charge in [-0.3, -0.25) is 9.78 Å². The maximum absolute atomic E-state index is 12.7. The van der Waals surface area contributed by atoms with Crippen molar-refractivity contribution in [3.8, 4) is 22.9 Å². The van der Waals surface area contributed by atoms with Gasteiger partial charge in [0.25, 0.3) is 5.91 Å². The van der Waals surface area contributed by atoms with Gasteiger partial charge in [0.15, 0.2) is 0 Å². The highest BCUT2D eigenvalue weighted by atomic mass is 16.5. The third kappa shape index (κ3) is 3.33. The molecule has 1 fully saturated rings. The first kappa shape index (κ1) is 17.0. The summed E-state index contributed by atoms with van der Waals surface area (Å²) in [6, 6.07) is 8.77. The Morgan fingerprint density at radius 3 is 2.41 bits per heavy atom. The van der Waals surface area contributed by atoms with E-state index in [1.54, 1.807) is 49.7 Å². The van der Waals surface area contributed by atoms with Crippen LogP contribution in [0.15, 0.2) is 47.2 Å². The Balaban J connectivity index is 1.44. The number of benzene rings is 1. The number of carbonyl (C=O) groups is 1. The molecule has 1 aromatic carbocycles. The molecule has 27 heavy (non-hydrogen) atoms. The van der Waals surface area contributed by atoms with Crippen molar-refractivity contribution < 1.29 is 18.8 Å². The van der Waals surface area contributed by atoms with Crippen molar-refractivity contribution in [3.63, 3.8) is 0 Å². The number of aromatic nitrogens is 3. The van der Waals surface area contributed by atoms with Crippen LogP contribution in [0.1, 0.15) is 22.2 Å². The van der Waals surface area contributed by atoms with Gasteiger partial charge in [0.05, 0.1) is 20.1 Å². The molecule has 4 rings (SSSR count). The summed E-state index contributed by atoms with van der Waals surface area (Å²) in [6.07, 6.45) is 3.36. The van der Waals surface area contributed by atoms with Crippen LogP contribution >= 0.6 is 0 Å². The van der Waals surface area contributed by atoms with E-state index >= 15 is 0 Å². The van der Waals surface area contributed by atoms with Crippen LogP contribution in [0.25, 0.3) is 11.4 Å². The molecule has 0 saturated carbocycles. The summed E-state index contributed by atoms with van der Waals surface area (Å²) >= 11 is 0. The van der Waals surface area contributed by atoms with Crippen molar-refractivity contribution in [3.05, 3.63) is 54.2 Å². The molecule has 3 heterocycles. The second kappa shape index (κ2) is 7.06. The summed E-state index contributed by atoms with van der Waals surface area (Å²) in [4.78, 5) is 22.9. The quantitative estimate of drug-likeness (QED) is 0.685. The Labute approximate surface area is 155 Å². The second-order valence-corrected chi connectivity index (χ2v) is 6.20. The molecule has 0 spiro atoms. The van der Waals surface area contributed by atoms with E-state index in [0.717, 1.165) is 5.56 Å². The van der Waals surface area contributed by atoms with Crippen molar-refractivity contribution in [1.29, 1.82) is 0 Å². The van der Waals surface area contributed by atoms with Crippen LogP contribution < -0.4 is 9.47 Å². The topological polar surface area (TPSA) is 90.6 Å². The van der Waals surface area contributed by atoms with E-state index in [1.807, 2.05) is 12.1 Å². The van der Waals surface area contributed by atoms with Crippen molar-refractivity contribution in [2.24, 2.45) is 0 Å². The molecular formula is C19H18N4O4. The van der Waals surface area contributed by atoms with Gasteiger partial charge in [-0.05, 0) is 24.3 Å². The summed E-state index contributed by atoms with van der Waals surface area (Å²) in [5.41, 5.74) is 1.36. The molecule has 0 unspecified atom stereocenters. The van der Waals surface area contributed by atoms with Gasteiger partial charge in [-0.25, -0.2) is 0 Å². The summed E-state index contributed by atoms with van der Waals surface area (Å²) < 4.78 is 15.8. The van der Waals surface area contributed by atoms with E-state index in [2.05, 4.69) is 15.1 Å². The predicted octanol–water partition coefficient (Wildman–Crippen LogP) is 2.39. The Bertz CT molecular complexity index is 929. The molecule has 0 bridgehead atoms. The van der Waals surface area contributed by atoms with Gasteiger partial charge in [0, 0.05) is 42.7 Å². The lowest BCUT2D eigenvalue weighted by Crippen LogP contribution is -2.48. The zero-order chi connectivity index (χ0) is 18.8. The molecule has 8 heteroatoms. The molecule has 0 atom stereocenters. The molecule has 3 aromatic rings. The van der Waals surface area contributed by atoms with E-state index in [9.17, 15) is 4.79 Å². The van der Waals surface area contributed by atoms with Crippen molar-refractivity contribution >= 4 is 5.91 Å². The zero-order valence-electron chi connectivity index (χ0n) is 15.0. The minimum atomic E-state index is -0.0858. The van der Waals surface area contributed by atoms with Gasteiger partial charge >= 0.3 is 0 Å². The largest absolute Gasteiger partial charge is 0.497 e. The molecule has 8 nitrogen and oxygen atoms in total. The van der Waals surface area contributed by atoms with Crippen LogP contribution in [0, 0.1) is 0 Å². The normalized spacial score (nSPS) is 13.9. The maximum atomic E-state index is 12.7. The number of methoxy groups -OCH3 is 2. The standard InChI is InChI=1S/C19H18N4O4/c1-25-15-7-13(8-16(9-15)26-2)19(24)23-10-14(11-23)18-21-17(22-27-18)12-3-5-20-6-4-12/h3-9,14H,10-11H2,1-2H3. The average molecular weight is 366 g/mol. The molecular weight excluding hydrogens is 348 g/mol. The number of nitrogens with zero attached hydrogens (tertiary/aromatic N) is 4. The highest BCUT2D eigenvalue weighted by Crippen LogP contribution is 2.30. The number of ether oxygens (including phenoxy) is 2. The molecule has 1 amide bonds. The number of rotatable bonds is 5. The molecule has 2 aromatic heterocycles. The van der Waals surface area contributed by atoms with Gasteiger partial charge in [0.2, 0.25) is 11.7 Å². The highest BCUT2D eigenvalue weighted by Gasteiger charge is 2.36. The van der Waals surface area contributed by atoms with Gasteiger partial charge < -0.3 is 18.9 Å². The first-order valence-corrected chi connectivity index (χ1v) is 8.44. The Morgan fingerprint density at radius 2 is 1.78 bits per heavy atom. The number of hydrogen-bond acceptors (Lipinski definition) is 7. The van der Waals surface area contributed by atoms with Gasteiger partial charge in [-0.1, -0.05) is 5.16 Å². The fourth-order valence-electron chi connectivity index (χ4n) is 2.93. The third-order valence-corrected chi connectivity index (χ3v) is 4.50. The van der Waals surface area contributed by atoms with Crippen LogP contribution in [-0.4, -0.2) is 53.2 Å². The van der Waals surface area contributed by atoms with Crippen LogP contribution in [0.4, 0.5) is 0 Å². The molecule has 1 saturated heterocycles. The molecule has 138 valence electrons. The molecule has 0 aliphatic carbocycles. The molecule has 1 aliphatic rings. The molecule has 1 aliphatic heterocycles. The Hall–Kier alpha value is -3.42. The fraction of sp³-hybridized carbons (Fsp3) is 0.263. The zero-order valence-corrected chi connectivity index (χ0v) is 15.0. The second-order valence-electron chi connectivity index (χ2n) is 6.20. The average Bonchev–Trinajstić information content (AvgIpc) is 3.16. The summed E-state index contributed by atoms with van der Waals surface area (Å²) in [6.45, 7) is 1.05. The minimum Gasteiger partial charge on any atom is -0.497 e. The predicted molar refractivity (Wildman–Crippen MR) is 95.7 cm³/mol. The Morgan fingerprint density at radius 1 is 1.11 bits per heavy atom. The minimum absolute atomic E-state index is 0.0320. The monoisotopic (exact) mass is 366 g/mol. The molecule has 0 N–H and O–H groups in total. The van der Waals surface area contributed by atoms with E-state index < -0.39 is 0 Å². The summed E-state index contributed by atoms with van der Waals surface area (Å²) in [5.74, 6) is 2.16. The summed E-state index contributed by atoms with van der Waals surface area (Å²) in [7, 11) is 3.11. The van der Waals surface area contributed by atoms with E-state index in [-0.39, 0.29) is 11.8 Å². The van der Waals surface area contributed by atoms with Gasteiger partial charge in [-0.2, -0.15) is 4.98 Å². The van der Waals surface area contributed by atoms with E-state index in [0.29, 0.717) is 41.9 Å². The van der Waals surface area contributed by atoms with Gasteiger partial charge in [0.1, 0.15) is 11.5 Å². The van der Waals surface area contributed by atoms with Gasteiger partial charge in [-0.15, -0.1) is 0 Å². The number of likely N-dealkylation sites (tertiary alicyclic amines) is 1. The van der Waals surface area contributed by atoms with E-state index in [1.165, 1.54) is 0 Å². The van der Waals surface area contributed by atoms with Crippen molar-refractivity contribution in [1.82, 2.24) is 20.0 Å². The fourth-order valence-corrected chi connectivity index (χ4v) is 2.93. The third-order valence-electron chi connectivity index (χ3n) is 4.50. The Kier molecular flexibility index (Phi) is 4.45. The first-order chi connectivity index (χ1) is 13.2. The maximum Gasteiger partial charge on any atom is 0.254 e. The summed E-state index contributed by atoms with van der Waals surface area (Å²) in [5, 5.41) is 4.01. The SMILES string of the molecule is COc1cc(OC)cc(C(=O)N2CC(c3nc(-c4ccncc4)no3)C2)c1. The molecule has 0 radical (unpaired) electrons. The lowest BCUT2D eigenvalue weighted by Gasteiger charge is -2.37. The van der Waals surface area contributed by atoms with Crippen LogP contribution in [-0.2, 0) is 0 Å². The highest BCUT2D eigenvalue weighted by molar-refractivity contribution is 5.95. The number of amides is 1. The van der Waals surface area contributed by atoms with Crippen LogP contribution in [0.2, 0.25) is 0 Å². The lowest BCUT2D eigenvalue weighted by atomic mass is 9.98. The van der Waals surface area contributed by atoms with Crippen molar-refractivity contribution in [2.75, 3.05) is 27.3 Å². The lowest BCUT2D eigenvalue weighted by molar-refractivity contribution is 0.0568. The van der Waals surface area contributed by atoms with Crippen LogP contribution in [0.5, 0.6) is 11.5 Å². The first-order valence-electron chi connectivity index (χ1n) is 8.44. The van der Waals surface area contributed by atoms with E-state index in [4.69, 9.17) is 14.0 Å². The number of hydrogen-bond donors (Lipinski definition) is 0. The number of pyridine rings is 1. The smallest absolute Gasteiger partial charge is 0.254 e.